The van der Waals surface area contributed by atoms with Gasteiger partial charge in [0.25, 0.3) is 5.91 Å². The molecule has 4 saturated carbocycles. The van der Waals surface area contributed by atoms with Crippen LogP contribution in [-0.4, -0.2) is 36.7 Å². The highest BCUT2D eigenvalue weighted by molar-refractivity contribution is 5.90. The van der Waals surface area contributed by atoms with Crippen LogP contribution in [0, 0.1) is 17.8 Å². The second-order valence-electron chi connectivity index (χ2n) is 7.94. The number of hydrogen-bond acceptors (Lipinski definition) is 5. The molecule has 4 bridgehead atoms. The highest BCUT2D eigenvalue weighted by Crippen LogP contribution is 2.55. The van der Waals surface area contributed by atoms with Gasteiger partial charge in [0.1, 0.15) is 19.5 Å². The second-order valence-corrected chi connectivity index (χ2v) is 7.94. The second kappa shape index (κ2) is 5.97. The lowest BCUT2D eigenvalue weighted by Crippen LogP contribution is -2.61. The molecule has 4 fully saturated rings. The third kappa shape index (κ3) is 2.98. The van der Waals surface area contributed by atoms with Crippen molar-refractivity contribution in [2.24, 2.45) is 17.8 Å². The van der Waals surface area contributed by atoms with Crippen molar-refractivity contribution in [1.29, 1.82) is 0 Å². The Morgan fingerprint density at radius 2 is 1.79 bits per heavy atom. The van der Waals surface area contributed by atoms with E-state index < -0.39 is 12.1 Å². The van der Waals surface area contributed by atoms with Gasteiger partial charge in [0.2, 0.25) is 5.76 Å². The third-order valence-corrected chi connectivity index (χ3v) is 5.93. The van der Waals surface area contributed by atoms with Gasteiger partial charge in [-0.2, -0.15) is 0 Å². The lowest BCUT2D eigenvalue weighted by atomic mass is 9.53. The van der Waals surface area contributed by atoms with E-state index >= 15 is 0 Å². The topological polar surface area (TPSA) is 73.9 Å². The molecule has 1 N–H and O–H groups in total. The van der Waals surface area contributed by atoms with Crippen molar-refractivity contribution in [3.05, 3.63) is 12.0 Å². The summed E-state index contributed by atoms with van der Waals surface area (Å²) in [5.74, 6) is 1.44. The summed E-state index contributed by atoms with van der Waals surface area (Å²) in [7, 11) is 0. The number of carbonyl (C=O) groups is 2. The zero-order valence-corrected chi connectivity index (χ0v) is 14.1. The fourth-order valence-electron chi connectivity index (χ4n) is 5.37. The lowest BCUT2D eigenvalue weighted by molar-refractivity contribution is -0.157. The number of hydrogen-bond donors (Lipinski definition) is 1. The van der Waals surface area contributed by atoms with Gasteiger partial charge in [-0.1, -0.05) is 0 Å². The van der Waals surface area contributed by atoms with Crippen LogP contribution in [0.4, 0.5) is 0 Å². The highest BCUT2D eigenvalue weighted by atomic mass is 16.6. The number of nitrogens with one attached hydrogen (secondary N) is 1. The molecular formula is C18H25NO5. The maximum Gasteiger partial charge on any atom is 0.377 e. The first-order chi connectivity index (χ1) is 11.5. The summed E-state index contributed by atoms with van der Waals surface area (Å²) in [6.45, 7) is 2.34. The number of carbonyl (C=O) groups excluding carboxylic acids is 2. The predicted octanol–water partition coefficient (Wildman–Crippen LogP) is 1.89. The fourth-order valence-corrected chi connectivity index (χ4v) is 5.37. The maximum atomic E-state index is 12.6. The van der Waals surface area contributed by atoms with Gasteiger partial charge in [-0.3, -0.25) is 4.79 Å². The minimum Gasteiger partial charge on any atom is -0.493 e. The van der Waals surface area contributed by atoms with E-state index in [1.165, 1.54) is 25.5 Å². The fraction of sp³-hybridized carbons (Fsp3) is 0.778. The Hall–Kier alpha value is -1.72. The largest absolute Gasteiger partial charge is 0.493 e. The van der Waals surface area contributed by atoms with Gasteiger partial charge >= 0.3 is 5.97 Å². The Balaban J connectivity index is 1.35. The van der Waals surface area contributed by atoms with Crippen LogP contribution in [-0.2, 0) is 23.8 Å². The minimum absolute atomic E-state index is 0.0238. The van der Waals surface area contributed by atoms with E-state index in [9.17, 15) is 9.59 Å². The molecule has 4 aliphatic carbocycles. The van der Waals surface area contributed by atoms with Crippen LogP contribution in [0.25, 0.3) is 0 Å². The molecule has 0 aromatic rings. The van der Waals surface area contributed by atoms with Crippen molar-refractivity contribution < 1.29 is 23.8 Å². The van der Waals surface area contributed by atoms with Crippen molar-refractivity contribution in [2.75, 3.05) is 13.2 Å². The molecule has 1 aliphatic heterocycles. The lowest BCUT2D eigenvalue weighted by Gasteiger charge is -2.57. The summed E-state index contributed by atoms with van der Waals surface area (Å²) >= 11 is 0. The minimum atomic E-state index is -0.836. The normalized spacial score (nSPS) is 37.7. The molecule has 6 nitrogen and oxygen atoms in total. The molecule has 5 aliphatic rings. The van der Waals surface area contributed by atoms with Crippen molar-refractivity contribution in [2.45, 2.75) is 57.1 Å². The molecule has 6 heteroatoms. The number of ether oxygens (including phenoxy) is 3. The van der Waals surface area contributed by atoms with Gasteiger partial charge in [-0.25, -0.2) is 4.79 Å². The van der Waals surface area contributed by atoms with Crippen LogP contribution in [0.3, 0.4) is 0 Å². The van der Waals surface area contributed by atoms with Crippen LogP contribution in [0.1, 0.15) is 45.4 Å². The van der Waals surface area contributed by atoms with E-state index in [4.69, 9.17) is 14.2 Å². The summed E-state index contributed by atoms with van der Waals surface area (Å²) in [5.41, 5.74) is -0.0732. The molecule has 0 spiro atoms. The Morgan fingerprint density at radius 1 is 1.17 bits per heavy atom. The van der Waals surface area contributed by atoms with Crippen molar-refractivity contribution >= 4 is 11.9 Å². The zero-order valence-electron chi connectivity index (χ0n) is 14.1. The molecule has 132 valence electrons. The summed E-state index contributed by atoms with van der Waals surface area (Å²) < 4.78 is 15.5. The van der Waals surface area contributed by atoms with Gasteiger partial charge in [-0.15, -0.1) is 0 Å². The van der Waals surface area contributed by atoms with Crippen LogP contribution in [0.2, 0.25) is 0 Å². The van der Waals surface area contributed by atoms with Crippen molar-refractivity contribution in [3.63, 3.8) is 0 Å². The molecule has 5 rings (SSSR count). The Labute approximate surface area is 141 Å². The summed E-state index contributed by atoms with van der Waals surface area (Å²) in [6.07, 6.45) is 7.61. The predicted molar refractivity (Wildman–Crippen MR) is 84.6 cm³/mol. The Morgan fingerprint density at radius 3 is 2.33 bits per heavy atom. The molecule has 1 heterocycles. The number of rotatable bonds is 4. The molecule has 0 aromatic carbocycles. The van der Waals surface area contributed by atoms with Gasteiger partial charge in [0.05, 0.1) is 0 Å². The van der Waals surface area contributed by atoms with Gasteiger partial charge in [0, 0.05) is 5.54 Å². The highest BCUT2D eigenvalue weighted by Gasteiger charge is 2.51. The maximum absolute atomic E-state index is 12.6. The van der Waals surface area contributed by atoms with E-state index in [-0.39, 0.29) is 17.2 Å². The number of amides is 1. The molecule has 0 saturated heterocycles. The van der Waals surface area contributed by atoms with Gasteiger partial charge in [-0.05, 0) is 63.2 Å². The molecule has 24 heavy (non-hydrogen) atoms. The average Bonchev–Trinajstić information content (AvgIpc) is 2.53. The molecule has 0 unspecified atom stereocenters. The van der Waals surface area contributed by atoms with Gasteiger partial charge in [0.15, 0.2) is 6.10 Å². The van der Waals surface area contributed by atoms with E-state index in [1.54, 1.807) is 6.92 Å². The van der Waals surface area contributed by atoms with Crippen LogP contribution < -0.4 is 5.32 Å². The molecule has 0 radical (unpaired) electrons. The van der Waals surface area contributed by atoms with Crippen molar-refractivity contribution in [1.82, 2.24) is 5.32 Å². The van der Waals surface area contributed by atoms with E-state index in [1.807, 2.05) is 0 Å². The van der Waals surface area contributed by atoms with Gasteiger partial charge < -0.3 is 19.5 Å². The monoisotopic (exact) mass is 335 g/mol. The third-order valence-electron chi connectivity index (χ3n) is 5.93. The van der Waals surface area contributed by atoms with E-state index in [0.717, 1.165) is 37.0 Å². The summed E-state index contributed by atoms with van der Waals surface area (Å²) in [4.78, 5) is 24.6. The van der Waals surface area contributed by atoms with Crippen LogP contribution in [0.15, 0.2) is 12.0 Å². The smallest absolute Gasteiger partial charge is 0.377 e. The van der Waals surface area contributed by atoms with E-state index in [0.29, 0.717) is 13.2 Å². The Kier molecular flexibility index (Phi) is 3.93. The van der Waals surface area contributed by atoms with Crippen LogP contribution >= 0.6 is 0 Å². The summed E-state index contributed by atoms with van der Waals surface area (Å²) in [5, 5.41) is 3.22. The first-order valence-corrected chi connectivity index (χ1v) is 9.00. The molecular weight excluding hydrogens is 310 g/mol. The first-order valence-electron chi connectivity index (χ1n) is 9.00. The standard InChI is InChI=1S/C18H25NO5/c1-11(24-17(21)15-10-22-2-3-23-15)16(20)19-18-7-12-4-13(8-18)6-14(5-12)9-18/h10-14H,2-9H2,1H3,(H,19,20)/t11-,12?,13?,14?,18?/m0/s1. The molecule has 1 atom stereocenters. The molecule has 0 aromatic heterocycles. The quantitative estimate of drug-likeness (QED) is 0.794. The summed E-state index contributed by atoms with van der Waals surface area (Å²) in [6, 6.07) is 0. The van der Waals surface area contributed by atoms with E-state index in [2.05, 4.69) is 5.32 Å². The van der Waals surface area contributed by atoms with Crippen LogP contribution in [0.5, 0.6) is 0 Å². The van der Waals surface area contributed by atoms with Crippen molar-refractivity contribution in [3.8, 4) is 0 Å². The zero-order chi connectivity index (χ0) is 16.7. The SMILES string of the molecule is C[C@H](OC(=O)C1=COCCO1)C(=O)NC12CC3CC(CC(C3)C1)C2. The average molecular weight is 335 g/mol. The Bertz CT molecular complexity index is 534. The first kappa shape index (κ1) is 15.8. The number of esters is 1. The molecule has 1 amide bonds.